The van der Waals surface area contributed by atoms with Gasteiger partial charge in [-0.1, -0.05) is 30.3 Å². The Morgan fingerprint density at radius 2 is 1.69 bits per heavy atom. The van der Waals surface area contributed by atoms with Crippen molar-refractivity contribution in [2.24, 2.45) is 0 Å². The van der Waals surface area contributed by atoms with Crippen molar-refractivity contribution in [2.45, 2.75) is 17.4 Å². The van der Waals surface area contributed by atoms with Crippen molar-refractivity contribution in [2.75, 3.05) is 11.1 Å². The van der Waals surface area contributed by atoms with Gasteiger partial charge in [-0.05, 0) is 54.4 Å². The fourth-order valence-corrected chi connectivity index (χ4v) is 4.43. The highest BCUT2D eigenvalue weighted by Crippen LogP contribution is 2.36. The van der Waals surface area contributed by atoms with Gasteiger partial charge in [0, 0.05) is 16.2 Å². The molecule has 0 aliphatic carbocycles. The molecule has 4 rings (SSSR count). The number of rotatable bonds is 4. The van der Waals surface area contributed by atoms with E-state index in [1.807, 2.05) is 6.07 Å². The number of nitrogens with one attached hydrogen (secondary N) is 2. The summed E-state index contributed by atoms with van der Waals surface area (Å²) in [5.41, 5.74) is 2.10. The number of hydrogen-bond donors (Lipinski definition) is 2. The molecule has 0 radical (unpaired) electrons. The van der Waals surface area contributed by atoms with E-state index < -0.39 is 0 Å². The summed E-state index contributed by atoms with van der Waals surface area (Å²) < 4.78 is 13.7. The minimum absolute atomic E-state index is 0.271. The number of anilines is 1. The van der Waals surface area contributed by atoms with E-state index in [9.17, 15) is 14.0 Å². The topological polar surface area (TPSA) is 58.2 Å². The third kappa shape index (κ3) is 4.32. The van der Waals surface area contributed by atoms with Crippen LogP contribution < -0.4 is 10.6 Å². The highest BCUT2D eigenvalue weighted by molar-refractivity contribution is 7.99. The maximum Gasteiger partial charge on any atom is 0.255 e. The number of thioether (sulfide) groups is 1. The summed E-state index contributed by atoms with van der Waals surface area (Å²) in [6.45, 7) is 0. The maximum absolute atomic E-state index is 13.7. The van der Waals surface area contributed by atoms with Crippen LogP contribution in [0, 0.1) is 5.82 Å². The Morgan fingerprint density at radius 3 is 2.52 bits per heavy atom. The van der Waals surface area contributed by atoms with E-state index in [-0.39, 0.29) is 23.7 Å². The predicted octanol–water partition coefficient (Wildman–Crippen LogP) is 5.04. The van der Waals surface area contributed by atoms with Crippen LogP contribution in [0.1, 0.15) is 38.7 Å². The van der Waals surface area contributed by atoms with Crippen LogP contribution in [0.15, 0.2) is 77.7 Å². The summed E-state index contributed by atoms with van der Waals surface area (Å²) in [5.74, 6) is -0.0647. The van der Waals surface area contributed by atoms with Crippen molar-refractivity contribution in [3.05, 3.63) is 95.3 Å². The van der Waals surface area contributed by atoms with Gasteiger partial charge in [-0.3, -0.25) is 9.59 Å². The molecule has 3 aromatic carbocycles. The number of amides is 2. The molecule has 4 nitrogen and oxygen atoms in total. The molecule has 0 aromatic heterocycles. The molecule has 3 aromatic rings. The molecule has 0 spiro atoms. The second-order valence-corrected chi connectivity index (χ2v) is 7.85. The maximum atomic E-state index is 13.7. The lowest BCUT2D eigenvalue weighted by atomic mass is 10.0. The fourth-order valence-electron chi connectivity index (χ4n) is 3.33. The predicted molar refractivity (Wildman–Crippen MR) is 113 cm³/mol. The first-order chi connectivity index (χ1) is 14.1. The van der Waals surface area contributed by atoms with Gasteiger partial charge in [0.1, 0.15) is 5.82 Å². The molecule has 29 heavy (non-hydrogen) atoms. The van der Waals surface area contributed by atoms with Gasteiger partial charge in [-0.2, -0.15) is 0 Å². The highest BCUT2D eigenvalue weighted by atomic mass is 32.2. The first-order valence-electron chi connectivity index (χ1n) is 9.30. The van der Waals surface area contributed by atoms with Crippen LogP contribution in [0.25, 0.3) is 0 Å². The molecule has 0 saturated carbocycles. The summed E-state index contributed by atoms with van der Waals surface area (Å²) in [6, 6.07) is 20.1. The molecule has 1 heterocycles. The molecule has 146 valence electrons. The van der Waals surface area contributed by atoms with Gasteiger partial charge in [-0.15, -0.1) is 11.8 Å². The summed E-state index contributed by atoms with van der Waals surface area (Å²) in [5, 5.41) is 5.81. The van der Waals surface area contributed by atoms with Crippen LogP contribution in [0.3, 0.4) is 0 Å². The molecule has 0 bridgehead atoms. The highest BCUT2D eigenvalue weighted by Gasteiger charge is 2.24. The van der Waals surface area contributed by atoms with E-state index in [1.54, 1.807) is 66.4 Å². The van der Waals surface area contributed by atoms with Crippen LogP contribution in [0.4, 0.5) is 10.1 Å². The summed E-state index contributed by atoms with van der Waals surface area (Å²) >= 11 is 1.66. The van der Waals surface area contributed by atoms with Gasteiger partial charge in [0.25, 0.3) is 11.8 Å². The zero-order chi connectivity index (χ0) is 20.2. The van der Waals surface area contributed by atoms with Crippen molar-refractivity contribution in [1.29, 1.82) is 0 Å². The molecule has 6 heteroatoms. The van der Waals surface area contributed by atoms with Crippen molar-refractivity contribution in [3.63, 3.8) is 0 Å². The van der Waals surface area contributed by atoms with Crippen LogP contribution in [0.5, 0.6) is 0 Å². The summed E-state index contributed by atoms with van der Waals surface area (Å²) in [4.78, 5) is 26.5. The van der Waals surface area contributed by atoms with Crippen LogP contribution in [-0.4, -0.2) is 17.6 Å². The zero-order valence-corrected chi connectivity index (χ0v) is 16.3. The Bertz CT molecular complexity index is 1060. The standard InChI is InChI=1S/C23H19FN2O2S/c24-16-10-11-21-18(14-16)20(12-13-29-21)26-23(28)17-8-4-5-9-19(17)25-22(27)15-6-2-1-3-7-15/h1-11,14,20H,12-13H2,(H,25,27)(H,26,28). The van der Waals surface area contributed by atoms with E-state index in [0.29, 0.717) is 23.2 Å². The molecule has 1 unspecified atom stereocenters. The van der Waals surface area contributed by atoms with Gasteiger partial charge in [-0.25, -0.2) is 4.39 Å². The molecule has 0 fully saturated rings. The second kappa shape index (κ2) is 8.49. The Labute approximate surface area is 172 Å². The smallest absolute Gasteiger partial charge is 0.255 e. The van der Waals surface area contributed by atoms with E-state index in [1.165, 1.54) is 12.1 Å². The molecule has 2 N–H and O–H groups in total. The lowest BCUT2D eigenvalue weighted by molar-refractivity contribution is 0.0935. The number of hydrogen-bond acceptors (Lipinski definition) is 3. The Balaban J connectivity index is 1.55. The number of carbonyl (C=O) groups is 2. The van der Waals surface area contributed by atoms with E-state index in [4.69, 9.17) is 0 Å². The molecule has 1 aliphatic heterocycles. The summed E-state index contributed by atoms with van der Waals surface area (Å²) in [6.07, 6.45) is 0.714. The molecule has 1 atom stereocenters. The molecular formula is C23H19FN2O2S. The van der Waals surface area contributed by atoms with E-state index >= 15 is 0 Å². The molecular weight excluding hydrogens is 387 g/mol. The molecule has 2 amide bonds. The minimum Gasteiger partial charge on any atom is -0.345 e. The van der Waals surface area contributed by atoms with E-state index in [0.717, 1.165) is 16.2 Å². The summed E-state index contributed by atoms with van der Waals surface area (Å²) in [7, 11) is 0. The van der Waals surface area contributed by atoms with Gasteiger partial charge in [0.05, 0.1) is 17.3 Å². The first kappa shape index (κ1) is 19.2. The Kier molecular flexibility index (Phi) is 5.62. The van der Waals surface area contributed by atoms with Gasteiger partial charge in [0.2, 0.25) is 0 Å². The largest absolute Gasteiger partial charge is 0.345 e. The number of halogens is 1. The quantitative estimate of drug-likeness (QED) is 0.638. The molecule has 1 aliphatic rings. The van der Waals surface area contributed by atoms with Crippen LogP contribution >= 0.6 is 11.8 Å². The SMILES string of the molecule is O=C(Nc1ccccc1C(=O)NC1CCSc2ccc(F)cc21)c1ccccc1. The number of benzene rings is 3. The fraction of sp³-hybridized carbons (Fsp3) is 0.130. The van der Waals surface area contributed by atoms with Crippen molar-refractivity contribution < 1.29 is 14.0 Å². The first-order valence-corrected chi connectivity index (χ1v) is 10.3. The van der Waals surface area contributed by atoms with E-state index in [2.05, 4.69) is 10.6 Å². The second-order valence-electron chi connectivity index (χ2n) is 6.71. The zero-order valence-electron chi connectivity index (χ0n) is 15.5. The Hall–Kier alpha value is -3.12. The number of fused-ring (bicyclic) bond motifs is 1. The third-order valence-electron chi connectivity index (χ3n) is 4.77. The lowest BCUT2D eigenvalue weighted by Crippen LogP contribution is -2.31. The average Bonchev–Trinajstić information content (AvgIpc) is 2.75. The molecule has 0 saturated heterocycles. The Morgan fingerprint density at radius 1 is 0.931 bits per heavy atom. The normalized spacial score (nSPS) is 15.3. The van der Waals surface area contributed by atoms with Gasteiger partial charge in [0.15, 0.2) is 0 Å². The number of para-hydroxylation sites is 1. The van der Waals surface area contributed by atoms with Crippen molar-refractivity contribution >= 4 is 29.3 Å². The van der Waals surface area contributed by atoms with Crippen LogP contribution in [0.2, 0.25) is 0 Å². The third-order valence-corrected chi connectivity index (χ3v) is 5.90. The average molecular weight is 406 g/mol. The van der Waals surface area contributed by atoms with Gasteiger partial charge < -0.3 is 10.6 Å². The van der Waals surface area contributed by atoms with Crippen LogP contribution in [-0.2, 0) is 0 Å². The number of carbonyl (C=O) groups excluding carboxylic acids is 2. The van der Waals surface area contributed by atoms with Gasteiger partial charge >= 0.3 is 0 Å². The van der Waals surface area contributed by atoms with Crippen molar-refractivity contribution in [1.82, 2.24) is 5.32 Å². The monoisotopic (exact) mass is 406 g/mol. The van der Waals surface area contributed by atoms with Crippen molar-refractivity contribution in [3.8, 4) is 0 Å². The lowest BCUT2D eigenvalue weighted by Gasteiger charge is -2.26. The minimum atomic E-state index is -0.318.